The molecule has 0 heterocycles. The van der Waals surface area contributed by atoms with E-state index < -0.39 is 30.2 Å². The third-order valence-corrected chi connectivity index (χ3v) is 2.63. The minimum atomic E-state index is -3.33. The summed E-state index contributed by atoms with van der Waals surface area (Å²) < 4.78 is 36.7. The van der Waals surface area contributed by atoms with E-state index in [1.807, 2.05) is 0 Å². The highest BCUT2D eigenvalue weighted by Crippen LogP contribution is 2.35. The van der Waals surface area contributed by atoms with Gasteiger partial charge in [0, 0.05) is 12.0 Å². The number of rotatable bonds is 5. The Balaban J connectivity index is 2.95. The maximum atomic E-state index is 14.0. The number of halogens is 2. The number of hydrogen-bond donors (Lipinski definition) is 0. The minimum Gasteiger partial charge on any atom is -0.468 e. The van der Waals surface area contributed by atoms with Gasteiger partial charge in [-0.1, -0.05) is 30.3 Å². The fourth-order valence-corrected chi connectivity index (χ4v) is 1.60. The van der Waals surface area contributed by atoms with Crippen LogP contribution in [-0.2, 0) is 25.0 Å². The number of esters is 2. The van der Waals surface area contributed by atoms with Crippen LogP contribution in [0.3, 0.4) is 0 Å². The van der Waals surface area contributed by atoms with Gasteiger partial charge in [-0.15, -0.1) is 0 Å². The van der Waals surface area contributed by atoms with Crippen molar-refractivity contribution in [1.82, 2.24) is 0 Å². The second-order valence-electron chi connectivity index (χ2n) is 3.87. The van der Waals surface area contributed by atoms with Gasteiger partial charge in [-0.05, 0) is 0 Å². The Morgan fingerprint density at radius 3 is 2.00 bits per heavy atom. The molecule has 6 heteroatoms. The van der Waals surface area contributed by atoms with E-state index >= 15 is 0 Å². The van der Waals surface area contributed by atoms with Crippen molar-refractivity contribution in [2.45, 2.75) is 12.3 Å². The number of alkyl halides is 2. The molecule has 0 bridgehead atoms. The van der Waals surface area contributed by atoms with Crippen molar-refractivity contribution in [2.75, 3.05) is 14.2 Å². The molecule has 0 saturated carbocycles. The summed E-state index contributed by atoms with van der Waals surface area (Å²) >= 11 is 0. The van der Waals surface area contributed by atoms with Gasteiger partial charge in [-0.2, -0.15) is 0 Å². The van der Waals surface area contributed by atoms with Gasteiger partial charge in [-0.3, -0.25) is 9.59 Å². The summed E-state index contributed by atoms with van der Waals surface area (Å²) in [7, 11) is 2.05. The molecule has 0 radical (unpaired) electrons. The van der Waals surface area contributed by atoms with Gasteiger partial charge in [0.05, 0.1) is 14.2 Å². The molecule has 0 aliphatic rings. The molecule has 0 aliphatic heterocycles. The molecule has 4 nitrogen and oxygen atoms in total. The predicted molar refractivity (Wildman–Crippen MR) is 62.5 cm³/mol. The summed E-state index contributed by atoms with van der Waals surface area (Å²) in [6, 6.07) is 6.96. The third kappa shape index (κ3) is 3.74. The summed E-state index contributed by atoms with van der Waals surface area (Å²) in [5, 5.41) is 0. The van der Waals surface area contributed by atoms with Gasteiger partial charge < -0.3 is 9.47 Å². The Morgan fingerprint density at radius 1 is 1.11 bits per heavy atom. The van der Waals surface area contributed by atoms with Crippen LogP contribution in [0.5, 0.6) is 0 Å². The Bertz CT molecular complexity index is 429. The molecule has 1 rings (SSSR count). The predicted octanol–water partition coefficient (Wildman–Crippen LogP) is 2.13. The first-order valence-electron chi connectivity index (χ1n) is 5.51. The summed E-state index contributed by atoms with van der Waals surface area (Å²) in [5.41, 5.74) is -0.271. The lowest BCUT2D eigenvalue weighted by Crippen LogP contribution is -2.32. The molecule has 0 atom stereocenters. The lowest BCUT2D eigenvalue weighted by Gasteiger charge is -2.20. The second kappa shape index (κ2) is 6.26. The smallest absolute Gasteiger partial charge is 0.320 e. The van der Waals surface area contributed by atoms with Crippen molar-refractivity contribution in [1.29, 1.82) is 0 Å². The highest BCUT2D eigenvalue weighted by atomic mass is 19.3. The van der Waals surface area contributed by atoms with Crippen LogP contribution in [0.1, 0.15) is 12.0 Å². The van der Waals surface area contributed by atoms with Gasteiger partial charge >= 0.3 is 11.9 Å². The molecule has 0 amide bonds. The van der Waals surface area contributed by atoms with E-state index in [0.717, 1.165) is 14.2 Å². The molecule has 0 aromatic heterocycles. The van der Waals surface area contributed by atoms with E-state index in [1.54, 1.807) is 6.07 Å². The average molecular weight is 272 g/mol. The first kappa shape index (κ1) is 15.1. The SMILES string of the molecule is COC(=O)C(CC(F)(F)c1ccccc1)C(=O)OC. The number of hydrogen-bond acceptors (Lipinski definition) is 4. The molecule has 0 spiro atoms. The molecule has 0 saturated heterocycles. The third-order valence-electron chi connectivity index (χ3n) is 2.63. The summed E-state index contributed by atoms with van der Waals surface area (Å²) in [6.45, 7) is 0. The summed E-state index contributed by atoms with van der Waals surface area (Å²) in [6.07, 6.45) is -0.990. The van der Waals surface area contributed by atoms with E-state index in [0.29, 0.717) is 0 Å². The molecule has 0 fully saturated rings. The van der Waals surface area contributed by atoms with E-state index in [9.17, 15) is 18.4 Å². The highest BCUT2D eigenvalue weighted by molar-refractivity contribution is 5.94. The van der Waals surface area contributed by atoms with Crippen molar-refractivity contribution >= 4 is 11.9 Å². The Morgan fingerprint density at radius 2 is 1.58 bits per heavy atom. The maximum Gasteiger partial charge on any atom is 0.320 e. The fraction of sp³-hybridized carbons (Fsp3) is 0.385. The van der Waals surface area contributed by atoms with Crippen LogP contribution in [0.2, 0.25) is 0 Å². The molecule has 1 aromatic carbocycles. The zero-order valence-electron chi connectivity index (χ0n) is 10.6. The van der Waals surface area contributed by atoms with Crippen molar-refractivity contribution in [2.24, 2.45) is 5.92 Å². The largest absolute Gasteiger partial charge is 0.468 e. The highest BCUT2D eigenvalue weighted by Gasteiger charge is 2.41. The molecule has 1 aromatic rings. The number of ether oxygens (including phenoxy) is 2. The standard InChI is InChI=1S/C13H14F2O4/c1-18-11(16)10(12(17)19-2)8-13(14,15)9-6-4-3-5-7-9/h3-7,10H,8H2,1-2H3. The van der Waals surface area contributed by atoms with Gasteiger partial charge in [0.2, 0.25) is 0 Å². The number of carbonyl (C=O) groups excluding carboxylic acids is 2. The molecular formula is C13H14F2O4. The number of carbonyl (C=O) groups is 2. The van der Waals surface area contributed by atoms with E-state index in [1.165, 1.54) is 24.3 Å². The van der Waals surface area contributed by atoms with Gasteiger partial charge in [0.1, 0.15) is 0 Å². The second-order valence-corrected chi connectivity index (χ2v) is 3.87. The molecule has 0 unspecified atom stereocenters. The van der Waals surface area contributed by atoms with Crippen LogP contribution in [0.4, 0.5) is 8.78 Å². The van der Waals surface area contributed by atoms with E-state index in [4.69, 9.17) is 0 Å². The quantitative estimate of drug-likeness (QED) is 0.608. The normalized spacial score (nSPS) is 11.2. The van der Waals surface area contributed by atoms with Crippen LogP contribution in [0.15, 0.2) is 30.3 Å². The minimum absolute atomic E-state index is 0.271. The lowest BCUT2D eigenvalue weighted by molar-refractivity contribution is -0.164. The van der Waals surface area contributed by atoms with Crippen molar-refractivity contribution < 1.29 is 27.8 Å². The zero-order chi connectivity index (χ0) is 14.5. The van der Waals surface area contributed by atoms with E-state index in [-0.39, 0.29) is 5.56 Å². The average Bonchev–Trinajstić information content (AvgIpc) is 2.44. The Kier molecular flexibility index (Phi) is 4.97. The number of methoxy groups -OCH3 is 2. The van der Waals surface area contributed by atoms with Crippen LogP contribution in [-0.4, -0.2) is 26.2 Å². The fourth-order valence-electron chi connectivity index (χ4n) is 1.60. The summed E-state index contributed by atoms with van der Waals surface area (Å²) in [5.74, 6) is -7.05. The molecule has 0 N–H and O–H groups in total. The van der Waals surface area contributed by atoms with Gasteiger partial charge in [-0.25, -0.2) is 8.78 Å². The van der Waals surface area contributed by atoms with Crippen molar-refractivity contribution in [3.8, 4) is 0 Å². The van der Waals surface area contributed by atoms with Crippen molar-refractivity contribution in [3.63, 3.8) is 0 Å². The molecule has 104 valence electrons. The molecule has 19 heavy (non-hydrogen) atoms. The Labute approximate surface area is 109 Å². The first-order valence-corrected chi connectivity index (χ1v) is 5.51. The number of benzene rings is 1. The first-order chi connectivity index (χ1) is 8.92. The van der Waals surface area contributed by atoms with Gasteiger partial charge in [0.25, 0.3) is 5.92 Å². The van der Waals surface area contributed by atoms with E-state index in [2.05, 4.69) is 9.47 Å². The van der Waals surface area contributed by atoms with Crippen LogP contribution < -0.4 is 0 Å². The molecular weight excluding hydrogens is 258 g/mol. The summed E-state index contributed by atoms with van der Waals surface area (Å²) in [4.78, 5) is 22.7. The zero-order valence-corrected chi connectivity index (χ0v) is 10.6. The van der Waals surface area contributed by atoms with Crippen LogP contribution in [0.25, 0.3) is 0 Å². The topological polar surface area (TPSA) is 52.6 Å². The van der Waals surface area contributed by atoms with Gasteiger partial charge in [0.15, 0.2) is 5.92 Å². The Hall–Kier alpha value is -1.98. The van der Waals surface area contributed by atoms with Crippen LogP contribution >= 0.6 is 0 Å². The monoisotopic (exact) mass is 272 g/mol. The van der Waals surface area contributed by atoms with Crippen molar-refractivity contribution in [3.05, 3.63) is 35.9 Å². The lowest BCUT2D eigenvalue weighted by atomic mass is 9.96. The molecule has 0 aliphatic carbocycles. The maximum absolute atomic E-state index is 14.0. The van der Waals surface area contributed by atoms with Crippen LogP contribution in [0, 0.1) is 5.92 Å².